The molecule has 0 saturated carbocycles. The van der Waals surface area contributed by atoms with Gasteiger partial charge in [0, 0.05) is 53.9 Å². The Morgan fingerprint density at radius 3 is 2.71 bits per heavy atom. The van der Waals surface area contributed by atoms with Crippen molar-refractivity contribution in [2.45, 2.75) is 32.1 Å². The van der Waals surface area contributed by atoms with E-state index in [1.165, 1.54) is 0 Å². The summed E-state index contributed by atoms with van der Waals surface area (Å²) in [6, 6.07) is 19.0. The molecule has 212 valence electrons. The lowest BCUT2D eigenvalue weighted by atomic mass is 9.75. The maximum atomic E-state index is 13.7. The van der Waals surface area contributed by atoms with E-state index in [1.807, 2.05) is 76.7 Å². The van der Waals surface area contributed by atoms with Gasteiger partial charge in [-0.15, -0.1) is 0 Å². The molecule has 4 aromatic rings. The number of aromatic amines is 1. The van der Waals surface area contributed by atoms with E-state index >= 15 is 0 Å². The van der Waals surface area contributed by atoms with Gasteiger partial charge in [0.1, 0.15) is 18.1 Å². The molecule has 1 N–H and O–H groups in total. The first-order chi connectivity index (χ1) is 20.1. The predicted molar refractivity (Wildman–Crippen MR) is 157 cm³/mol. The van der Waals surface area contributed by atoms with Gasteiger partial charge in [0.25, 0.3) is 11.8 Å². The van der Waals surface area contributed by atoms with Gasteiger partial charge in [0.15, 0.2) is 0 Å². The third-order valence-corrected chi connectivity index (χ3v) is 8.50. The number of benzene rings is 2. The second kappa shape index (κ2) is 12.0. The molecule has 1 fully saturated rings. The van der Waals surface area contributed by atoms with Crippen molar-refractivity contribution in [3.8, 4) is 11.5 Å². The SMILES string of the molecule is O=C(c1ccc2[nH]ccc2c1)N1CCCCC2(COc3cccnc3)CCN(CC2)C(=O)c2ccccc2OCC1. The summed E-state index contributed by atoms with van der Waals surface area (Å²) in [5, 5.41) is 1.01. The van der Waals surface area contributed by atoms with Gasteiger partial charge in [0.05, 0.1) is 24.9 Å². The molecule has 3 aliphatic rings. The minimum absolute atomic E-state index is 0.00737. The molecule has 0 atom stereocenters. The molecule has 0 aliphatic carbocycles. The van der Waals surface area contributed by atoms with E-state index in [4.69, 9.17) is 9.47 Å². The maximum Gasteiger partial charge on any atom is 0.257 e. The summed E-state index contributed by atoms with van der Waals surface area (Å²) in [6.07, 6.45) is 9.91. The fourth-order valence-electron chi connectivity index (χ4n) is 6.01. The number of H-pyrrole nitrogens is 1. The van der Waals surface area contributed by atoms with Crippen LogP contribution < -0.4 is 9.47 Å². The highest BCUT2D eigenvalue weighted by Crippen LogP contribution is 2.38. The number of ether oxygens (including phenoxy) is 2. The molecule has 8 nitrogen and oxygen atoms in total. The van der Waals surface area contributed by atoms with Crippen LogP contribution in [0.15, 0.2) is 79.3 Å². The maximum absolute atomic E-state index is 13.7. The number of carbonyl (C=O) groups is 2. The Morgan fingerprint density at radius 2 is 1.85 bits per heavy atom. The van der Waals surface area contributed by atoms with Crippen LogP contribution >= 0.6 is 0 Å². The highest BCUT2D eigenvalue weighted by atomic mass is 16.5. The number of nitrogens with one attached hydrogen (secondary N) is 1. The fraction of sp³-hybridized carbons (Fsp3) is 0.364. The average Bonchev–Trinajstić information content (AvgIpc) is 3.49. The predicted octanol–water partition coefficient (Wildman–Crippen LogP) is 5.57. The van der Waals surface area contributed by atoms with Crippen LogP contribution in [0.3, 0.4) is 0 Å². The molecule has 2 bridgehead atoms. The molecule has 2 aromatic heterocycles. The van der Waals surface area contributed by atoms with Crippen LogP contribution in [-0.2, 0) is 0 Å². The zero-order chi connectivity index (χ0) is 28.1. The smallest absolute Gasteiger partial charge is 0.257 e. The summed E-state index contributed by atoms with van der Waals surface area (Å²) in [7, 11) is 0. The van der Waals surface area contributed by atoms with Crippen LogP contribution in [0, 0.1) is 5.41 Å². The molecular formula is C33H36N4O4. The topological polar surface area (TPSA) is 87.8 Å². The quantitative estimate of drug-likeness (QED) is 0.358. The summed E-state index contributed by atoms with van der Waals surface area (Å²) in [6.45, 7) is 3.32. The summed E-state index contributed by atoms with van der Waals surface area (Å²) in [5.74, 6) is 1.31. The highest BCUT2D eigenvalue weighted by molar-refractivity contribution is 5.98. The molecule has 3 aliphatic heterocycles. The van der Waals surface area contributed by atoms with Crippen molar-refractivity contribution >= 4 is 22.7 Å². The van der Waals surface area contributed by atoms with Crippen molar-refractivity contribution in [2.75, 3.05) is 39.4 Å². The number of para-hydroxylation sites is 1. The van der Waals surface area contributed by atoms with E-state index in [1.54, 1.807) is 12.4 Å². The number of piperidine rings is 1. The number of amides is 2. The van der Waals surface area contributed by atoms with Gasteiger partial charge in [0.2, 0.25) is 0 Å². The minimum atomic E-state index is -0.0447. The van der Waals surface area contributed by atoms with Gasteiger partial charge >= 0.3 is 0 Å². The Balaban J connectivity index is 1.24. The van der Waals surface area contributed by atoms with Gasteiger partial charge < -0.3 is 24.3 Å². The van der Waals surface area contributed by atoms with Crippen molar-refractivity contribution in [3.63, 3.8) is 0 Å². The molecule has 7 rings (SSSR count). The van der Waals surface area contributed by atoms with Gasteiger partial charge in [-0.25, -0.2) is 0 Å². The molecule has 2 aromatic carbocycles. The van der Waals surface area contributed by atoms with Crippen LogP contribution in [0.2, 0.25) is 0 Å². The van der Waals surface area contributed by atoms with Crippen LogP contribution in [-0.4, -0.2) is 71.0 Å². The highest BCUT2D eigenvalue weighted by Gasteiger charge is 2.37. The summed E-state index contributed by atoms with van der Waals surface area (Å²) >= 11 is 0. The van der Waals surface area contributed by atoms with Crippen molar-refractivity contribution in [1.29, 1.82) is 0 Å². The van der Waals surface area contributed by atoms with Crippen molar-refractivity contribution in [3.05, 3.63) is 90.4 Å². The molecule has 8 heteroatoms. The second-order valence-corrected chi connectivity index (χ2v) is 11.1. The van der Waals surface area contributed by atoms with E-state index in [0.29, 0.717) is 56.3 Å². The number of nitrogens with zero attached hydrogens (tertiary/aromatic N) is 3. The summed E-state index contributed by atoms with van der Waals surface area (Å²) in [4.78, 5) is 38.5. The molecule has 1 saturated heterocycles. The normalized spacial score (nSPS) is 17.8. The van der Waals surface area contributed by atoms with Gasteiger partial charge in [-0.05, 0) is 74.2 Å². The molecule has 0 spiro atoms. The van der Waals surface area contributed by atoms with Gasteiger partial charge in [-0.1, -0.05) is 18.6 Å². The Bertz CT molecular complexity index is 1490. The van der Waals surface area contributed by atoms with Crippen LogP contribution in [0.1, 0.15) is 52.8 Å². The zero-order valence-electron chi connectivity index (χ0n) is 23.3. The van der Waals surface area contributed by atoms with E-state index < -0.39 is 0 Å². The number of hydrogen-bond donors (Lipinski definition) is 1. The zero-order valence-corrected chi connectivity index (χ0v) is 23.3. The second-order valence-electron chi connectivity index (χ2n) is 11.1. The molecular weight excluding hydrogens is 516 g/mol. The lowest BCUT2D eigenvalue weighted by molar-refractivity contribution is 0.0358. The molecule has 0 radical (unpaired) electrons. The first-order valence-electron chi connectivity index (χ1n) is 14.5. The van der Waals surface area contributed by atoms with Gasteiger partial charge in [-0.3, -0.25) is 14.6 Å². The monoisotopic (exact) mass is 552 g/mol. The number of carbonyl (C=O) groups excluding carboxylic acids is 2. The minimum Gasteiger partial charge on any atom is -0.491 e. The lowest BCUT2D eigenvalue weighted by Crippen LogP contribution is -2.45. The van der Waals surface area contributed by atoms with Crippen molar-refractivity contribution < 1.29 is 19.1 Å². The van der Waals surface area contributed by atoms with Crippen molar-refractivity contribution in [2.24, 2.45) is 5.41 Å². The Hall–Kier alpha value is -4.33. The molecule has 0 unspecified atom stereocenters. The fourth-order valence-corrected chi connectivity index (χ4v) is 6.01. The number of fused-ring (bicyclic) bond motifs is 10. The Labute approximate surface area is 240 Å². The van der Waals surface area contributed by atoms with Crippen molar-refractivity contribution in [1.82, 2.24) is 19.8 Å². The van der Waals surface area contributed by atoms with E-state index in [-0.39, 0.29) is 17.2 Å². The third-order valence-electron chi connectivity index (χ3n) is 8.50. The molecule has 2 amide bonds. The first-order valence-corrected chi connectivity index (χ1v) is 14.5. The van der Waals surface area contributed by atoms with E-state index in [9.17, 15) is 9.59 Å². The number of hydrogen-bond acceptors (Lipinski definition) is 5. The third kappa shape index (κ3) is 6.06. The summed E-state index contributed by atoms with van der Waals surface area (Å²) in [5.41, 5.74) is 2.19. The number of rotatable bonds is 4. The Kier molecular flexibility index (Phi) is 7.89. The van der Waals surface area contributed by atoms with Gasteiger partial charge in [-0.2, -0.15) is 0 Å². The standard InChI is InChI=1S/C33H36N4O4/c38-31(26-9-10-29-25(22-26)11-16-35-29)36-17-4-3-12-33(24-41-27-6-5-15-34-23-27)13-18-37(19-14-33)32(39)28-7-1-2-8-30(28)40-21-20-36/h1-2,5-11,15-16,22-23,35H,3-4,12-14,17-21,24H2. The molecule has 41 heavy (non-hydrogen) atoms. The molecule has 5 heterocycles. The Morgan fingerprint density at radius 1 is 0.976 bits per heavy atom. The number of pyridine rings is 1. The van der Waals surface area contributed by atoms with E-state index in [0.717, 1.165) is 48.8 Å². The van der Waals surface area contributed by atoms with Crippen LogP contribution in [0.4, 0.5) is 0 Å². The van der Waals surface area contributed by atoms with E-state index in [2.05, 4.69) is 9.97 Å². The largest absolute Gasteiger partial charge is 0.491 e. The lowest BCUT2D eigenvalue weighted by Gasteiger charge is -2.42. The first kappa shape index (κ1) is 26.9. The van der Waals surface area contributed by atoms with Crippen LogP contribution in [0.5, 0.6) is 11.5 Å². The average molecular weight is 553 g/mol. The van der Waals surface area contributed by atoms with Crippen LogP contribution in [0.25, 0.3) is 10.9 Å². The summed E-state index contributed by atoms with van der Waals surface area (Å²) < 4.78 is 12.4. The number of aromatic nitrogens is 2.